The summed E-state index contributed by atoms with van der Waals surface area (Å²) in [4.78, 5) is 24.5. The van der Waals surface area contributed by atoms with Gasteiger partial charge in [0.25, 0.3) is 5.69 Å². The zero-order chi connectivity index (χ0) is 13.5. The minimum Gasteiger partial charge on any atom is -0.507 e. The number of aliphatic imine (C=N–C) groups is 1. The molecule has 0 aliphatic carbocycles. The SMILES string of the molecule is CC(=O)NCCN=Cc1cc([N+](=O)[O-])ccc1O. The summed E-state index contributed by atoms with van der Waals surface area (Å²) < 4.78 is 0. The highest BCUT2D eigenvalue weighted by atomic mass is 16.6. The first kappa shape index (κ1) is 13.6. The Kier molecular flexibility index (Phi) is 4.79. The highest BCUT2D eigenvalue weighted by Crippen LogP contribution is 2.21. The van der Waals surface area contributed by atoms with Gasteiger partial charge in [-0.25, -0.2) is 0 Å². The van der Waals surface area contributed by atoms with Crippen LogP contribution in [0.3, 0.4) is 0 Å². The van der Waals surface area contributed by atoms with Crippen LogP contribution in [0.4, 0.5) is 5.69 Å². The Morgan fingerprint density at radius 1 is 1.61 bits per heavy atom. The topological polar surface area (TPSA) is 105 Å². The van der Waals surface area contributed by atoms with Gasteiger partial charge in [-0.05, 0) is 6.07 Å². The predicted octanol–water partition coefficient (Wildman–Crippen LogP) is 0.855. The zero-order valence-corrected chi connectivity index (χ0v) is 9.79. The number of nitro benzene ring substituents is 1. The fourth-order valence-corrected chi connectivity index (χ4v) is 1.22. The van der Waals surface area contributed by atoms with E-state index in [-0.39, 0.29) is 22.9 Å². The van der Waals surface area contributed by atoms with Crippen LogP contribution in [0, 0.1) is 10.1 Å². The fourth-order valence-electron chi connectivity index (χ4n) is 1.22. The van der Waals surface area contributed by atoms with Crippen molar-refractivity contribution in [1.29, 1.82) is 0 Å². The number of aromatic hydroxyl groups is 1. The zero-order valence-electron chi connectivity index (χ0n) is 9.79. The smallest absolute Gasteiger partial charge is 0.270 e. The number of hydrogen-bond acceptors (Lipinski definition) is 5. The number of carbonyl (C=O) groups is 1. The first-order valence-electron chi connectivity index (χ1n) is 5.22. The van der Waals surface area contributed by atoms with Gasteiger partial charge in [0.2, 0.25) is 5.91 Å². The van der Waals surface area contributed by atoms with Crippen molar-refractivity contribution < 1.29 is 14.8 Å². The third-order valence-electron chi connectivity index (χ3n) is 2.07. The van der Waals surface area contributed by atoms with Crippen LogP contribution < -0.4 is 5.32 Å². The van der Waals surface area contributed by atoms with E-state index in [2.05, 4.69) is 10.3 Å². The molecule has 0 aliphatic heterocycles. The molecule has 7 nitrogen and oxygen atoms in total. The lowest BCUT2D eigenvalue weighted by Gasteiger charge is -1.99. The van der Waals surface area contributed by atoms with Gasteiger partial charge in [0, 0.05) is 37.4 Å². The minimum absolute atomic E-state index is 0.0797. The van der Waals surface area contributed by atoms with E-state index in [4.69, 9.17) is 0 Å². The summed E-state index contributed by atoms with van der Waals surface area (Å²) in [5, 5.41) is 22.6. The van der Waals surface area contributed by atoms with Crippen molar-refractivity contribution in [3.63, 3.8) is 0 Å². The van der Waals surface area contributed by atoms with E-state index in [0.29, 0.717) is 13.1 Å². The Bertz CT molecular complexity index is 485. The molecule has 1 amide bonds. The number of non-ortho nitro benzene ring substituents is 1. The lowest BCUT2D eigenvalue weighted by Crippen LogP contribution is -2.22. The number of carbonyl (C=O) groups excluding carboxylic acids is 1. The Morgan fingerprint density at radius 2 is 2.33 bits per heavy atom. The van der Waals surface area contributed by atoms with Crippen molar-refractivity contribution in [3.8, 4) is 5.75 Å². The number of hydrogen-bond donors (Lipinski definition) is 2. The van der Waals surface area contributed by atoms with Crippen LogP contribution in [-0.2, 0) is 4.79 Å². The summed E-state index contributed by atoms with van der Waals surface area (Å²) in [7, 11) is 0. The molecule has 0 bridgehead atoms. The summed E-state index contributed by atoms with van der Waals surface area (Å²) in [6, 6.07) is 3.69. The van der Waals surface area contributed by atoms with E-state index in [0.717, 1.165) is 0 Å². The number of nitrogens with zero attached hydrogens (tertiary/aromatic N) is 2. The number of nitrogens with one attached hydrogen (secondary N) is 1. The fraction of sp³-hybridized carbons (Fsp3) is 0.273. The molecular formula is C11H13N3O4. The second kappa shape index (κ2) is 6.33. The minimum atomic E-state index is -0.548. The highest BCUT2D eigenvalue weighted by Gasteiger charge is 2.08. The molecule has 2 N–H and O–H groups in total. The van der Waals surface area contributed by atoms with Gasteiger partial charge in [-0.2, -0.15) is 0 Å². The standard InChI is InChI=1S/C11H13N3O4/c1-8(15)13-5-4-12-7-9-6-10(14(17)18)2-3-11(9)16/h2-3,6-7,16H,4-5H2,1H3,(H,13,15). The molecule has 1 aromatic carbocycles. The first-order valence-corrected chi connectivity index (χ1v) is 5.22. The molecule has 0 unspecified atom stereocenters. The molecule has 0 radical (unpaired) electrons. The van der Waals surface area contributed by atoms with Gasteiger partial charge in [0.15, 0.2) is 0 Å². The Labute approximate surface area is 103 Å². The van der Waals surface area contributed by atoms with Crippen LogP contribution in [-0.4, -0.2) is 35.2 Å². The van der Waals surface area contributed by atoms with E-state index in [1.165, 1.54) is 31.3 Å². The molecule has 1 aromatic rings. The number of phenolic OH excluding ortho intramolecular Hbond substituents is 1. The molecule has 0 spiro atoms. The monoisotopic (exact) mass is 251 g/mol. The third-order valence-corrected chi connectivity index (χ3v) is 2.07. The van der Waals surface area contributed by atoms with E-state index in [1.54, 1.807) is 0 Å². The molecule has 0 heterocycles. The van der Waals surface area contributed by atoms with E-state index >= 15 is 0 Å². The number of amides is 1. The molecule has 18 heavy (non-hydrogen) atoms. The predicted molar refractivity (Wildman–Crippen MR) is 65.9 cm³/mol. The average molecular weight is 251 g/mol. The van der Waals surface area contributed by atoms with Crippen molar-refractivity contribution >= 4 is 17.8 Å². The molecule has 0 atom stereocenters. The summed E-state index contributed by atoms with van der Waals surface area (Å²) in [5.74, 6) is -0.229. The molecule has 0 saturated heterocycles. The van der Waals surface area contributed by atoms with Crippen molar-refractivity contribution in [3.05, 3.63) is 33.9 Å². The van der Waals surface area contributed by atoms with Gasteiger partial charge in [-0.15, -0.1) is 0 Å². The van der Waals surface area contributed by atoms with Gasteiger partial charge < -0.3 is 10.4 Å². The summed E-state index contributed by atoms with van der Waals surface area (Å²) in [6.45, 7) is 2.11. The highest BCUT2D eigenvalue weighted by molar-refractivity contribution is 5.84. The van der Waals surface area contributed by atoms with Crippen LogP contribution in [0.15, 0.2) is 23.2 Å². The Morgan fingerprint density at radius 3 is 2.94 bits per heavy atom. The van der Waals surface area contributed by atoms with Gasteiger partial charge in [0.05, 0.1) is 11.5 Å². The maximum absolute atomic E-state index is 10.6. The molecule has 1 rings (SSSR count). The first-order chi connectivity index (χ1) is 8.50. The van der Waals surface area contributed by atoms with Crippen molar-refractivity contribution in [1.82, 2.24) is 5.32 Å². The third kappa shape index (κ3) is 4.20. The van der Waals surface area contributed by atoms with E-state index < -0.39 is 4.92 Å². The van der Waals surface area contributed by atoms with Gasteiger partial charge in [0.1, 0.15) is 5.75 Å². The van der Waals surface area contributed by atoms with E-state index in [9.17, 15) is 20.0 Å². The number of nitro groups is 1. The molecule has 0 fully saturated rings. The number of benzene rings is 1. The quantitative estimate of drug-likeness (QED) is 0.350. The molecule has 7 heteroatoms. The molecule has 0 aliphatic rings. The molecular weight excluding hydrogens is 238 g/mol. The summed E-state index contributed by atoms with van der Waals surface area (Å²) >= 11 is 0. The Hall–Kier alpha value is -2.44. The lowest BCUT2D eigenvalue weighted by atomic mass is 10.2. The van der Waals surface area contributed by atoms with Crippen molar-refractivity contribution in [2.75, 3.05) is 13.1 Å². The van der Waals surface area contributed by atoms with Crippen LogP contribution in [0.5, 0.6) is 5.75 Å². The lowest BCUT2D eigenvalue weighted by molar-refractivity contribution is -0.384. The van der Waals surface area contributed by atoms with Crippen LogP contribution in [0.2, 0.25) is 0 Å². The normalized spacial score (nSPS) is 10.5. The van der Waals surface area contributed by atoms with Gasteiger partial charge in [-0.3, -0.25) is 19.9 Å². The van der Waals surface area contributed by atoms with E-state index in [1.807, 2.05) is 0 Å². The largest absolute Gasteiger partial charge is 0.507 e. The molecule has 0 aromatic heterocycles. The molecule has 96 valence electrons. The maximum Gasteiger partial charge on any atom is 0.270 e. The van der Waals surface area contributed by atoms with Crippen molar-refractivity contribution in [2.45, 2.75) is 6.92 Å². The maximum atomic E-state index is 10.6. The second-order valence-corrected chi connectivity index (χ2v) is 3.52. The van der Waals surface area contributed by atoms with Crippen LogP contribution in [0.1, 0.15) is 12.5 Å². The van der Waals surface area contributed by atoms with Gasteiger partial charge >= 0.3 is 0 Å². The molecule has 0 saturated carbocycles. The Balaban J connectivity index is 2.65. The summed E-state index contributed by atoms with van der Waals surface area (Å²) in [6.07, 6.45) is 1.34. The number of rotatable bonds is 5. The van der Waals surface area contributed by atoms with Crippen LogP contribution in [0.25, 0.3) is 0 Å². The number of phenols is 1. The van der Waals surface area contributed by atoms with Crippen LogP contribution >= 0.6 is 0 Å². The summed E-state index contributed by atoms with van der Waals surface area (Å²) in [5.41, 5.74) is 0.156. The van der Waals surface area contributed by atoms with Gasteiger partial charge in [-0.1, -0.05) is 0 Å². The van der Waals surface area contributed by atoms with Crippen molar-refractivity contribution in [2.24, 2.45) is 4.99 Å². The second-order valence-electron chi connectivity index (χ2n) is 3.52. The average Bonchev–Trinajstić information content (AvgIpc) is 2.30.